The number of nitrogens with zero attached hydrogens (tertiary/aromatic N) is 3. The van der Waals surface area contributed by atoms with Gasteiger partial charge in [0.2, 0.25) is 5.78 Å². The van der Waals surface area contributed by atoms with E-state index in [0.717, 1.165) is 32.9 Å². The molecule has 4 nitrogen and oxygen atoms in total. The van der Waals surface area contributed by atoms with Crippen LogP contribution in [0.25, 0.3) is 32.9 Å². The minimum Gasteiger partial charge on any atom is -0.287 e. The maximum atomic E-state index is 12.8. The molecule has 5 rings (SSSR count). The van der Waals surface area contributed by atoms with E-state index in [-0.39, 0.29) is 5.78 Å². The van der Waals surface area contributed by atoms with Crippen molar-refractivity contribution in [2.24, 2.45) is 0 Å². The van der Waals surface area contributed by atoms with Crippen molar-refractivity contribution >= 4 is 27.5 Å². The average molecular weight is 283 g/mol. The first-order chi connectivity index (χ1) is 10.8. The van der Waals surface area contributed by atoms with E-state index in [1.807, 2.05) is 30.3 Å². The van der Waals surface area contributed by atoms with E-state index in [4.69, 9.17) is 0 Å². The minimum absolute atomic E-state index is 0.0614. The molecule has 0 N–H and O–H groups in total. The van der Waals surface area contributed by atoms with E-state index in [2.05, 4.69) is 15.0 Å². The van der Waals surface area contributed by atoms with Gasteiger partial charge in [-0.3, -0.25) is 14.8 Å². The van der Waals surface area contributed by atoms with E-state index in [1.165, 1.54) is 0 Å². The summed E-state index contributed by atoms with van der Waals surface area (Å²) in [5.41, 5.74) is 3.49. The predicted octanol–water partition coefficient (Wildman–Crippen LogP) is 3.39. The molecule has 0 radical (unpaired) electrons. The van der Waals surface area contributed by atoms with Crippen molar-refractivity contribution in [1.82, 2.24) is 15.0 Å². The number of rotatable bonds is 0. The van der Waals surface area contributed by atoms with E-state index >= 15 is 0 Å². The Balaban J connectivity index is 2.09. The van der Waals surface area contributed by atoms with Crippen LogP contribution in [-0.4, -0.2) is 20.7 Å². The van der Waals surface area contributed by atoms with E-state index in [0.29, 0.717) is 11.3 Å². The van der Waals surface area contributed by atoms with Crippen LogP contribution in [-0.2, 0) is 0 Å². The van der Waals surface area contributed by atoms with Gasteiger partial charge in [-0.25, -0.2) is 4.98 Å². The first kappa shape index (κ1) is 11.5. The Labute approximate surface area is 125 Å². The number of ketones is 1. The second kappa shape index (κ2) is 3.95. The molecule has 4 heteroatoms. The van der Waals surface area contributed by atoms with Crippen molar-refractivity contribution in [2.45, 2.75) is 0 Å². The molecule has 1 aliphatic rings. The third-order valence-corrected chi connectivity index (χ3v) is 4.15. The van der Waals surface area contributed by atoms with Gasteiger partial charge in [-0.15, -0.1) is 0 Å². The molecule has 0 atom stereocenters. The van der Waals surface area contributed by atoms with Crippen LogP contribution >= 0.6 is 0 Å². The molecule has 0 bridgehead atoms. The van der Waals surface area contributed by atoms with Crippen LogP contribution in [0.3, 0.4) is 0 Å². The SMILES string of the molecule is O=C1c2ccncc2-c2nccc3c2c1nc1ccccc13. The number of benzene rings is 1. The Bertz CT molecular complexity index is 1100. The summed E-state index contributed by atoms with van der Waals surface area (Å²) in [6, 6.07) is 11.5. The maximum Gasteiger partial charge on any atom is 0.212 e. The van der Waals surface area contributed by atoms with Gasteiger partial charge in [-0.05, 0) is 23.6 Å². The molecule has 0 aliphatic heterocycles. The minimum atomic E-state index is -0.0614. The molecule has 0 fully saturated rings. The third kappa shape index (κ3) is 1.31. The standard InChI is InChI=1S/C18H9N3O/c22-18-12-5-7-19-9-13(12)16-15-11(6-8-20-16)10-3-1-2-4-14(10)21-17(15)18/h1-9H. The van der Waals surface area contributed by atoms with Crippen molar-refractivity contribution in [2.75, 3.05) is 0 Å². The Morgan fingerprint density at radius 3 is 2.68 bits per heavy atom. The van der Waals surface area contributed by atoms with Crippen molar-refractivity contribution in [3.63, 3.8) is 0 Å². The monoisotopic (exact) mass is 283 g/mol. The Morgan fingerprint density at radius 2 is 1.73 bits per heavy atom. The normalized spacial score (nSPS) is 12.6. The topological polar surface area (TPSA) is 55.7 Å². The van der Waals surface area contributed by atoms with Crippen LogP contribution in [0.1, 0.15) is 16.1 Å². The van der Waals surface area contributed by atoms with Crippen molar-refractivity contribution < 1.29 is 4.79 Å². The van der Waals surface area contributed by atoms with Crippen LogP contribution < -0.4 is 0 Å². The molecule has 0 saturated carbocycles. The molecule has 1 aromatic carbocycles. The first-order valence-electron chi connectivity index (χ1n) is 7.01. The highest BCUT2D eigenvalue weighted by Gasteiger charge is 2.28. The predicted molar refractivity (Wildman–Crippen MR) is 83.7 cm³/mol. The van der Waals surface area contributed by atoms with Crippen molar-refractivity contribution in [3.05, 3.63) is 66.2 Å². The molecule has 0 unspecified atom stereocenters. The lowest BCUT2D eigenvalue weighted by Gasteiger charge is -2.18. The van der Waals surface area contributed by atoms with E-state index in [9.17, 15) is 4.79 Å². The quantitative estimate of drug-likeness (QED) is 0.409. The Morgan fingerprint density at radius 1 is 0.818 bits per heavy atom. The van der Waals surface area contributed by atoms with Crippen LogP contribution in [0, 0.1) is 0 Å². The molecule has 3 aromatic heterocycles. The summed E-state index contributed by atoms with van der Waals surface area (Å²) in [5.74, 6) is -0.0614. The molecule has 22 heavy (non-hydrogen) atoms. The van der Waals surface area contributed by atoms with E-state index in [1.54, 1.807) is 24.7 Å². The zero-order chi connectivity index (χ0) is 14.7. The molecule has 0 spiro atoms. The number of carbonyl (C=O) groups excluding carboxylic acids is 1. The highest BCUT2D eigenvalue weighted by atomic mass is 16.1. The molecule has 0 saturated heterocycles. The van der Waals surface area contributed by atoms with Crippen LogP contribution in [0.5, 0.6) is 0 Å². The highest BCUT2D eigenvalue weighted by Crippen LogP contribution is 2.38. The van der Waals surface area contributed by atoms with E-state index < -0.39 is 0 Å². The lowest BCUT2D eigenvalue weighted by molar-refractivity contribution is 0.103. The lowest BCUT2D eigenvalue weighted by Crippen LogP contribution is -2.13. The number of fused-ring (bicyclic) bond motifs is 4. The van der Waals surface area contributed by atoms with Gasteiger partial charge >= 0.3 is 0 Å². The zero-order valence-corrected chi connectivity index (χ0v) is 11.4. The molecule has 0 amide bonds. The molecule has 4 aromatic rings. The average Bonchev–Trinajstić information content (AvgIpc) is 2.59. The fourth-order valence-electron chi connectivity index (χ4n) is 3.18. The van der Waals surface area contributed by atoms with Gasteiger partial charge in [-0.1, -0.05) is 18.2 Å². The second-order valence-electron chi connectivity index (χ2n) is 5.31. The summed E-state index contributed by atoms with van der Waals surface area (Å²) in [4.78, 5) is 26.1. The summed E-state index contributed by atoms with van der Waals surface area (Å²) in [6.45, 7) is 0. The summed E-state index contributed by atoms with van der Waals surface area (Å²) in [7, 11) is 0. The molecule has 1 aliphatic carbocycles. The Kier molecular flexibility index (Phi) is 2.07. The molecule has 102 valence electrons. The maximum absolute atomic E-state index is 12.8. The summed E-state index contributed by atoms with van der Waals surface area (Å²) >= 11 is 0. The zero-order valence-electron chi connectivity index (χ0n) is 11.4. The van der Waals surface area contributed by atoms with Gasteiger partial charge < -0.3 is 0 Å². The van der Waals surface area contributed by atoms with Gasteiger partial charge in [0.1, 0.15) is 5.69 Å². The molecular weight excluding hydrogens is 274 g/mol. The van der Waals surface area contributed by atoms with Crippen LogP contribution in [0.4, 0.5) is 0 Å². The largest absolute Gasteiger partial charge is 0.287 e. The molecule has 3 heterocycles. The smallest absolute Gasteiger partial charge is 0.212 e. The van der Waals surface area contributed by atoms with Crippen LogP contribution in [0.2, 0.25) is 0 Å². The molecular formula is C18H9N3O. The van der Waals surface area contributed by atoms with Gasteiger partial charge in [-0.2, -0.15) is 0 Å². The Hall–Kier alpha value is -3.14. The lowest BCUT2D eigenvalue weighted by atomic mass is 9.89. The fraction of sp³-hybridized carbons (Fsp3) is 0. The third-order valence-electron chi connectivity index (χ3n) is 4.15. The second-order valence-corrected chi connectivity index (χ2v) is 5.31. The van der Waals surface area contributed by atoms with Crippen molar-refractivity contribution in [1.29, 1.82) is 0 Å². The number of hydrogen-bond acceptors (Lipinski definition) is 4. The summed E-state index contributed by atoms with van der Waals surface area (Å²) < 4.78 is 0. The summed E-state index contributed by atoms with van der Waals surface area (Å²) in [6.07, 6.45) is 5.11. The van der Waals surface area contributed by atoms with Crippen LogP contribution in [0.15, 0.2) is 55.0 Å². The van der Waals surface area contributed by atoms with Gasteiger partial charge in [0.25, 0.3) is 0 Å². The fourth-order valence-corrected chi connectivity index (χ4v) is 3.18. The number of aromatic nitrogens is 3. The van der Waals surface area contributed by atoms with Gasteiger partial charge in [0, 0.05) is 40.5 Å². The van der Waals surface area contributed by atoms with Crippen molar-refractivity contribution in [3.8, 4) is 11.3 Å². The number of hydrogen-bond donors (Lipinski definition) is 0. The number of carbonyl (C=O) groups is 1. The summed E-state index contributed by atoms with van der Waals surface area (Å²) in [5, 5.41) is 2.87. The highest BCUT2D eigenvalue weighted by molar-refractivity contribution is 6.27. The number of pyridine rings is 3. The first-order valence-corrected chi connectivity index (χ1v) is 7.01. The van der Waals surface area contributed by atoms with Gasteiger partial charge in [0.15, 0.2) is 0 Å². The van der Waals surface area contributed by atoms with Gasteiger partial charge in [0.05, 0.1) is 11.2 Å². The number of para-hydroxylation sites is 1.